The molecular weight excluding hydrogens is 692 g/mol. The molecule has 0 radical (unpaired) electrons. The molecular formula is C42H88O6Zr. The van der Waals surface area contributed by atoms with Gasteiger partial charge in [-0.05, 0) is 40.5 Å². The maximum atomic E-state index is 10.3. The fourth-order valence-electron chi connectivity index (χ4n) is 5.30. The Morgan fingerprint density at radius 1 is 0.347 bits per heavy atom. The number of hydrogen-bond donors (Lipinski definition) is 4. The molecule has 0 bridgehead atoms. The van der Waals surface area contributed by atoms with Gasteiger partial charge in [0.05, 0.1) is 0 Å². The van der Waals surface area contributed by atoms with Crippen LogP contribution in [-0.4, -0.2) is 44.6 Å². The molecule has 0 atom stereocenters. The SMILES string of the molecule is CC(C)O.CC(C)O.CCCCCCCCCCCCCCCCCC(=O)O.CCCCCCCCCCCCCCCCCC(=O)O.[Zr]. The van der Waals surface area contributed by atoms with Crippen LogP contribution in [0.2, 0.25) is 0 Å². The molecule has 0 fully saturated rings. The second-order valence-electron chi connectivity index (χ2n) is 14.4. The molecule has 7 heteroatoms. The summed E-state index contributed by atoms with van der Waals surface area (Å²) in [6.45, 7) is 11.4. The molecule has 0 aliphatic carbocycles. The molecule has 0 aromatic carbocycles. The van der Waals surface area contributed by atoms with Crippen molar-refractivity contribution in [3.8, 4) is 0 Å². The van der Waals surface area contributed by atoms with Gasteiger partial charge >= 0.3 is 11.9 Å². The largest absolute Gasteiger partial charge is 0.481 e. The average Bonchev–Trinajstić information content (AvgIpc) is 3.00. The van der Waals surface area contributed by atoms with Gasteiger partial charge in [0, 0.05) is 51.3 Å². The summed E-state index contributed by atoms with van der Waals surface area (Å²) >= 11 is 0. The van der Waals surface area contributed by atoms with Gasteiger partial charge in [-0.25, -0.2) is 0 Å². The Bertz CT molecular complexity index is 530. The number of aliphatic hydroxyl groups is 2. The van der Waals surface area contributed by atoms with Crippen molar-refractivity contribution in [3.63, 3.8) is 0 Å². The van der Waals surface area contributed by atoms with Crippen molar-refractivity contribution >= 4 is 11.9 Å². The Labute approximate surface area is 325 Å². The normalized spacial score (nSPS) is 10.3. The van der Waals surface area contributed by atoms with Gasteiger partial charge in [-0.3, -0.25) is 9.59 Å². The molecule has 0 aromatic heterocycles. The van der Waals surface area contributed by atoms with E-state index in [0.717, 1.165) is 25.7 Å². The molecule has 0 heterocycles. The van der Waals surface area contributed by atoms with Crippen LogP contribution in [0.25, 0.3) is 0 Å². The van der Waals surface area contributed by atoms with Crippen molar-refractivity contribution in [1.82, 2.24) is 0 Å². The standard InChI is InChI=1S/2C18H36O2.2C3H8O.Zr/c2*1-2-3-4-5-6-7-8-9-10-11-12-13-14-15-16-17-18(19)20;2*1-3(2)4;/h2*2-17H2,1H3,(H,19,20);2*3-4H,1-2H3;. The smallest absolute Gasteiger partial charge is 0.303 e. The summed E-state index contributed by atoms with van der Waals surface area (Å²) < 4.78 is 0. The molecule has 4 N–H and O–H groups in total. The van der Waals surface area contributed by atoms with Crippen molar-refractivity contribution in [2.24, 2.45) is 0 Å². The number of hydrogen-bond acceptors (Lipinski definition) is 4. The molecule has 0 saturated carbocycles. The van der Waals surface area contributed by atoms with Crippen molar-refractivity contribution in [1.29, 1.82) is 0 Å². The van der Waals surface area contributed by atoms with E-state index >= 15 is 0 Å². The number of carboxylic acid groups (broad SMARTS) is 2. The number of aliphatic carboxylic acids is 2. The zero-order valence-corrected chi connectivity index (χ0v) is 36.3. The fraction of sp³-hybridized carbons (Fsp3) is 0.952. The molecule has 0 saturated heterocycles. The first-order valence-electron chi connectivity index (χ1n) is 20.8. The predicted octanol–water partition coefficient (Wildman–Crippen LogP) is 13.4. The van der Waals surface area contributed by atoms with E-state index in [2.05, 4.69) is 13.8 Å². The van der Waals surface area contributed by atoms with Crippen molar-refractivity contribution in [2.75, 3.05) is 0 Å². The molecule has 0 amide bonds. The van der Waals surface area contributed by atoms with Gasteiger partial charge in [-0.15, -0.1) is 0 Å². The zero-order valence-electron chi connectivity index (χ0n) is 33.9. The first-order chi connectivity index (χ1) is 23.0. The minimum absolute atomic E-state index is 0. The molecule has 0 aromatic rings. The third-order valence-electron chi connectivity index (χ3n) is 7.99. The first-order valence-corrected chi connectivity index (χ1v) is 20.8. The second-order valence-corrected chi connectivity index (χ2v) is 14.4. The topological polar surface area (TPSA) is 115 Å². The minimum Gasteiger partial charge on any atom is -0.481 e. The van der Waals surface area contributed by atoms with Gasteiger partial charge in [-0.2, -0.15) is 0 Å². The van der Waals surface area contributed by atoms with Crippen LogP contribution < -0.4 is 0 Å². The summed E-state index contributed by atoms with van der Waals surface area (Å²) in [6.07, 6.45) is 40.1. The summed E-state index contributed by atoms with van der Waals surface area (Å²) in [5, 5.41) is 33.1. The van der Waals surface area contributed by atoms with E-state index in [9.17, 15) is 9.59 Å². The molecule has 0 rings (SSSR count). The quantitative estimate of drug-likeness (QED) is 0.0505. The van der Waals surface area contributed by atoms with Gasteiger partial charge in [0.1, 0.15) is 0 Å². The van der Waals surface area contributed by atoms with E-state index in [1.54, 1.807) is 27.7 Å². The molecule has 6 nitrogen and oxygen atoms in total. The van der Waals surface area contributed by atoms with Crippen LogP contribution in [0.15, 0.2) is 0 Å². The van der Waals surface area contributed by atoms with Gasteiger partial charge < -0.3 is 20.4 Å². The van der Waals surface area contributed by atoms with E-state index in [1.807, 2.05) is 0 Å². The number of aliphatic hydroxyl groups excluding tert-OH is 2. The monoisotopic (exact) mass is 779 g/mol. The van der Waals surface area contributed by atoms with Crippen LogP contribution in [0, 0.1) is 0 Å². The van der Waals surface area contributed by atoms with Crippen molar-refractivity contribution < 1.29 is 56.2 Å². The number of rotatable bonds is 32. The van der Waals surface area contributed by atoms with Crippen LogP contribution in [0.4, 0.5) is 0 Å². The van der Waals surface area contributed by atoms with E-state index < -0.39 is 11.9 Å². The molecule has 296 valence electrons. The van der Waals surface area contributed by atoms with E-state index in [4.69, 9.17) is 20.4 Å². The molecule has 0 aliphatic heterocycles. The summed E-state index contributed by atoms with van der Waals surface area (Å²) in [4.78, 5) is 20.7. The number of carbonyl (C=O) groups is 2. The Morgan fingerprint density at radius 2 is 0.469 bits per heavy atom. The second kappa shape index (κ2) is 54.5. The number of unbranched alkanes of at least 4 members (excludes halogenated alkanes) is 28. The van der Waals surface area contributed by atoms with Crippen LogP contribution in [0.3, 0.4) is 0 Å². The molecule has 49 heavy (non-hydrogen) atoms. The fourth-order valence-corrected chi connectivity index (χ4v) is 5.30. The summed E-state index contributed by atoms with van der Waals surface area (Å²) in [6, 6.07) is 0. The van der Waals surface area contributed by atoms with Crippen LogP contribution in [0.1, 0.15) is 247 Å². The van der Waals surface area contributed by atoms with Crippen molar-refractivity contribution in [2.45, 2.75) is 259 Å². The summed E-state index contributed by atoms with van der Waals surface area (Å²) in [5.74, 6) is -1.31. The maximum absolute atomic E-state index is 10.3. The third-order valence-corrected chi connectivity index (χ3v) is 7.99. The Kier molecular flexibility index (Phi) is 64.6. The molecule has 0 aliphatic rings. The predicted molar refractivity (Wildman–Crippen MR) is 209 cm³/mol. The molecule has 0 unspecified atom stereocenters. The van der Waals surface area contributed by atoms with E-state index in [-0.39, 0.29) is 38.4 Å². The number of carboxylic acids is 2. The molecule has 0 spiro atoms. The first kappa shape index (κ1) is 58.1. The Hall–Kier alpha value is -0.257. The average molecular weight is 780 g/mol. The minimum atomic E-state index is -0.653. The van der Waals surface area contributed by atoms with Crippen LogP contribution >= 0.6 is 0 Å². The Balaban J connectivity index is -0.000000212. The summed E-state index contributed by atoms with van der Waals surface area (Å²) in [5.41, 5.74) is 0. The van der Waals surface area contributed by atoms with Gasteiger partial charge in [0.2, 0.25) is 0 Å². The van der Waals surface area contributed by atoms with Crippen molar-refractivity contribution in [3.05, 3.63) is 0 Å². The van der Waals surface area contributed by atoms with Gasteiger partial charge in [0.15, 0.2) is 0 Å². The van der Waals surface area contributed by atoms with Crippen LogP contribution in [0.5, 0.6) is 0 Å². The van der Waals surface area contributed by atoms with Gasteiger partial charge in [-0.1, -0.05) is 194 Å². The zero-order chi connectivity index (χ0) is 36.9. The van der Waals surface area contributed by atoms with Crippen LogP contribution in [-0.2, 0) is 35.8 Å². The summed E-state index contributed by atoms with van der Waals surface area (Å²) in [7, 11) is 0. The maximum Gasteiger partial charge on any atom is 0.303 e. The van der Waals surface area contributed by atoms with E-state index in [1.165, 1.54) is 167 Å². The third kappa shape index (κ3) is 87.7. The Morgan fingerprint density at radius 3 is 0.592 bits per heavy atom. The van der Waals surface area contributed by atoms with E-state index in [0.29, 0.717) is 12.8 Å². The van der Waals surface area contributed by atoms with Gasteiger partial charge in [0.25, 0.3) is 0 Å².